The van der Waals surface area contributed by atoms with Crippen LogP contribution in [0.4, 0.5) is 14.5 Å². The molecule has 2 aliphatic rings. The van der Waals surface area contributed by atoms with Crippen molar-refractivity contribution < 1.29 is 37.0 Å². The molecule has 2 unspecified atom stereocenters. The minimum absolute atomic E-state index is 0.0789. The van der Waals surface area contributed by atoms with Gasteiger partial charge in [0.25, 0.3) is 6.01 Å². The molecule has 0 spiro atoms. The number of halogens is 3. The van der Waals surface area contributed by atoms with Gasteiger partial charge in [-0.15, -0.1) is 0 Å². The second-order valence-electron chi connectivity index (χ2n) is 9.39. The summed E-state index contributed by atoms with van der Waals surface area (Å²) in [5.41, 5.74) is 0.166. The van der Waals surface area contributed by atoms with Gasteiger partial charge in [0, 0.05) is 23.3 Å². The van der Waals surface area contributed by atoms with Crippen LogP contribution in [0.15, 0.2) is 57.8 Å². The van der Waals surface area contributed by atoms with E-state index in [1.165, 1.54) is 12.3 Å². The highest BCUT2D eigenvalue weighted by molar-refractivity contribution is 7.93. The first-order chi connectivity index (χ1) is 19.2. The molecule has 210 valence electrons. The van der Waals surface area contributed by atoms with Gasteiger partial charge in [0.15, 0.2) is 11.8 Å². The van der Waals surface area contributed by atoms with Crippen LogP contribution < -0.4 is 9.47 Å². The van der Waals surface area contributed by atoms with E-state index >= 15 is 0 Å². The van der Waals surface area contributed by atoms with Crippen molar-refractivity contribution in [2.75, 3.05) is 19.5 Å². The molecule has 2 aliphatic heterocycles. The molecule has 14 heteroatoms. The number of imidazole rings is 1. The molecule has 2 fully saturated rings. The van der Waals surface area contributed by atoms with Gasteiger partial charge in [-0.25, -0.2) is 13.0 Å². The number of benzene rings is 2. The summed E-state index contributed by atoms with van der Waals surface area (Å²) in [6.07, 6.45) is -0.680. The Kier molecular flexibility index (Phi) is 7.09. The molecular formula is C26H23ClF2N4O6S. The smallest absolute Gasteiger partial charge is 0.296 e. The van der Waals surface area contributed by atoms with E-state index in [1.54, 1.807) is 30.3 Å². The first-order valence-corrected chi connectivity index (χ1v) is 14.5. The predicted molar refractivity (Wildman–Crippen MR) is 140 cm³/mol. The number of aliphatic hydroxyl groups excluding tert-OH is 1. The maximum Gasteiger partial charge on any atom is 0.296 e. The van der Waals surface area contributed by atoms with Crippen molar-refractivity contribution >= 4 is 38.2 Å². The Morgan fingerprint density at radius 3 is 2.60 bits per heavy atom. The van der Waals surface area contributed by atoms with Gasteiger partial charge >= 0.3 is 0 Å². The van der Waals surface area contributed by atoms with E-state index in [2.05, 4.69) is 19.3 Å². The van der Waals surface area contributed by atoms with Crippen LogP contribution in [0, 0.1) is 11.6 Å². The number of pyridine rings is 1. The van der Waals surface area contributed by atoms with E-state index < -0.39 is 52.4 Å². The fourth-order valence-electron chi connectivity index (χ4n) is 4.57. The Bertz CT molecular complexity index is 1670. The summed E-state index contributed by atoms with van der Waals surface area (Å²) >= 11 is 6.30. The van der Waals surface area contributed by atoms with E-state index in [-0.39, 0.29) is 47.0 Å². The molecule has 6 rings (SSSR count). The summed E-state index contributed by atoms with van der Waals surface area (Å²) in [6.45, 7) is -0.137. The molecule has 2 N–H and O–H groups in total. The first-order valence-electron chi connectivity index (χ1n) is 12.2. The van der Waals surface area contributed by atoms with Gasteiger partial charge in [-0.05, 0) is 18.2 Å². The summed E-state index contributed by atoms with van der Waals surface area (Å²) < 4.78 is 69.3. The van der Waals surface area contributed by atoms with Crippen molar-refractivity contribution in [2.45, 2.75) is 35.9 Å². The molecule has 2 saturated heterocycles. The fourth-order valence-corrected chi connectivity index (χ4v) is 6.05. The highest BCUT2D eigenvalue weighted by Gasteiger charge is 2.48. The second kappa shape index (κ2) is 10.6. The molecule has 40 heavy (non-hydrogen) atoms. The monoisotopic (exact) mass is 592 g/mol. The maximum atomic E-state index is 14.9. The first kappa shape index (κ1) is 26.8. The topological polar surface area (TPSA) is 128 Å². The molecule has 4 heterocycles. The number of aromatic nitrogens is 3. The third-order valence-corrected chi connectivity index (χ3v) is 8.53. The summed E-state index contributed by atoms with van der Waals surface area (Å²) in [5.74, 6) is -1.94. The van der Waals surface area contributed by atoms with E-state index in [0.717, 1.165) is 12.1 Å². The predicted octanol–water partition coefficient (Wildman–Crippen LogP) is 4.16. The minimum Gasteiger partial charge on any atom is -0.471 e. The van der Waals surface area contributed by atoms with Crippen LogP contribution in [0.1, 0.15) is 5.56 Å². The number of ether oxygens (including phenoxy) is 4. The van der Waals surface area contributed by atoms with E-state index in [1.807, 2.05) is 0 Å². The van der Waals surface area contributed by atoms with Crippen LogP contribution >= 0.6 is 11.6 Å². The van der Waals surface area contributed by atoms with Crippen molar-refractivity contribution in [1.82, 2.24) is 15.0 Å². The molecule has 2 aromatic carbocycles. The van der Waals surface area contributed by atoms with Crippen LogP contribution in [-0.2, 0) is 25.8 Å². The Balaban J connectivity index is 1.18. The highest BCUT2D eigenvalue weighted by Crippen LogP contribution is 2.32. The Morgan fingerprint density at radius 1 is 1.12 bits per heavy atom. The van der Waals surface area contributed by atoms with E-state index in [9.17, 15) is 18.1 Å². The third-order valence-electron chi connectivity index (χ3n) is 6.56. The van der Waals surface area contributed by atoms with Gasteiger partial charge in [0.2, 0.25) is 5.88 Å². The minimum atomic E-state index is -2.92. The van der Waals surface area contributed by atoms with Crippen LogP contribution in [0.2, 0.25) is 5.02 Å². The number of aliphatic hydroxyl groups is 1. The lowest BCUT2D eigenvalue weighted by Crippen LogP contribution is -2.34. The van der Waals surface area contributed by atoms with Crippen molar-refractivity contribution in [3.8, 4) is 11.9 Å². The number of nitrogens with zero attached hydrogens (tertiary/aromatic N) is 3. The summed E-state index contributed by atoms with van der Waals surface area (Å²) in [5, 5.41) is 9.98. The highest BCUT2D eigenvalue weighted by atomic mass is 35.5. The standard InChI is InChI=1S/C26H23ClF2N4O6S/c1-40(35,14-5-3-2-4-6-14)33-13-7-17(28)15(18(29)8-13)10-38-25-16(27)9-19-24(31-25)32-26(30-19)39-21-12-37-22-20(34)11-36-23(21)22/h2-9,20-23,34H,10-12H2,1H3,(H,30,31,32)/t20-,21?,22-,23-,40?/m1/s1. The molecule has 0 bridgehead atoms. The van der Waals surface area contributed by atoms with Crippen LogP contribution in [0.5, 0.6) is 11.9 Å². The van der Waals surface area contributed by atoms with Crippen LogP contribution in [-0.4, -0.2) is 68.2 Å². The summed E-state index contributed by atoms with van der Waals surface area (Å²) in [6, 6.07) is 12.1. The molecule has 0 amide bonds. The van der Waals surface area contributed by atoms with Gasteiger partial charge in [0.05, 0.1) is 39.7 Å². The molecule has 0 aliphatic carbocycles. The van der Waals surface area contributed by atoms with Gasteiger partial charge in [-0.2, -0.15) is 14.3 Å². The Hall–Kier alpha value is -3.36. The average Bonchev–Trinajstić information content (AvgIpc) is 3.60. The lowest BCUT2D eigenvalue weighted by molar-refractivity contribution is 0.00706. The lowest BCUT2D eigenvalue weighted by atomic mass is 10.1. The number of hydrogen-bond acceptors (Lipinski definition) is 9. The van der Waals surface area contributed by atoms with Crippen LogP contribution in [0.3, 0.4) is 0 Å². The number of nitrogens with one attached hydrogen (secondary N) is 1. The Morgan fingerprint density at radius 2 is 1.85 bits per heavy atom. The van der Waals surface area contributed by atoms with Crippen molar-refractivity contribution in [2.24, 2.45) is 4.36 Å². The second-order valence-corrected chi connectivity index (χ2v) is 12.1. The SMILES string of the molecule is CS(=O)(=Nc1cc(F)c(COc2nc3nc(OC4CO[C@@H]5[C@H](O)CO[C@H]45)[nH]c3cc2Cl)c(F)c1)c1ccccc1. The normalized spacial score (nSPS) is 23.6. The number of H-pyrrole nitrogens is 1. The average molecular weight is 593 g/mol. The van der Waals surface area contributed by atoms with Gasteiger partial charge < -0.3 is 29.0 Å². The molecule has 10 nitrogen and oxygen atoms in total. The van der Waals surface area contributed by atoms with Crippen molar-refractivity contribution in [3.05, 3.63) is 70.8 Å². The fraction of sp³-hybridized carbons (Fsp3) is 0.308. The van der Waals surface area contributed by atoms with Gasteiger partial charge in [-0.3, -0.25) is 0 Å². The van der Waals surface area contributed by atoms with E-state index in [0.29, 0.717) is 10.4 Å². The molecule has 0 radical (unpaired) electrons. The van der Waals surface area contributed by atoms with E-state index in [4.69, 9.17) is 30.5 Å². The third kappa shape index (κ3) is 5.22. The van der Waals surface area contributed by atoms with Crippen LogP contribution in [0.25, 0.3) is 11.2 Å². The Labute approximate surface area is 232 Å². The quantitative estimate of drug-likeness (QED) is 0.327. The zero-order valence-electron chi connectivity index (χ0n) is 20.9. The number of aromatic amines is 1. The summed E-state index contributed by atoms with van der Waals surface area (Å²) in [4.78, 5) is 11.9. The molecule has 5 atom stereocenters. The number of rotatable bonds is 7. The lowest BCUT2D eigenvalue weighted by Gasteiger charge is -2.15. The van der Waals surface area contributed by atoms with Gasteiger partial charge in [0.1, 0.15) is 41.6 Å². The molecule has 4 aromatic rings. The van der Waals surface area contributed by atoms with Gasteiger partial charge in [-0.1, -0.05) is 29.8 Å². The summed E-state index contributed by atoms with van der Waals surface area (Å²) in [7, 11) is -2.92. The van der Waals surface area contributed by atoms with Crippen molar-refractivity contribution in [3.63, 3.8) is 0 Å². The maximum absolute atomic E-state index is 14.9. The molecule has 2 aromatic heterocycles. The zero-order chi connectivity index (χ0) is 28.0. The zero-order valence-corrected chi connectivity index (χ0v) is 22.5. The molecular weight excluding hydrogens is 570 g/mol. The molecule has 0 saturated carbocycles. The number of fused-ring (bicyclic) bond motifs is 2. The number of hydrogen-bond donors (Lipinski definition) is 2. The van der Waals surface area contributed by atoms with Crippen molar-refractivity contribution in [1.29, 1.82) is 0 Å². The largest absolute Gasteiger partial charge is 0.471 e.